The molecule has 2 heterocycles. The summed E-state index contributed by atoms with van der Waals surface area (Å²) in [6.45, 7) is 1.90. The van der Waals surface area contributed by atoms with Crippen molar-refractivity contribution in [1.82, 2.24) is 9.97 Å². The smallest absolute Gasteiger partial charge is 0.261 e. The normalized spacial score (nSPS) is 11.0. The summed E-state index contributed by atoms with van der Waals surface area (Å²) in [5, 5.41) is 2.68. The molecule has 0 bridgehead atoms. The Bertz CT molecular complexity index is 1020. The number of anilines is 2. The number of rotatable bonds is 5. The number of benzene rings is 1. The molecule has 0 saturated carbocycles. The Morgan fingerprint density at radius 2 is 1.65 bits per heavy atom. The quantitative estimate of drug-likeness (QED) is 0.721. The average molecular weight is 368 g/mol. The van der Waals surface area contributed by atoms with Crippen LogP contribution in [-0.2, 0) is 10.0 Å². The highest BCUT2D eigenvalue weighted by molar-refractivity contribution is 7.92. The van der Waals surface area contributed by atoms with E-state index >= 15 is 0 Å². The second kappa shape index (κ2) is 7.32. The van der Waals surface area contributed by atoms with Gasteiger partial charge in [0.05, 0.1) is 10.6 Å². The monoisotopic (exact) mass is 368 g/mol. The minimum Gasteiger partial charge on any atom is -0.307 e. The summed E-state index contributed by atoms with van der Waals surface area (Å²) < 4.78 is 27.2. The molecule has 26 heavy (non-hydrogen) atoms. The molecule has 0 aliphatic carbocycles. The van der Waals surface area contributed by atoms with Crippen LogP contribution in [0.15, 0.2) is 72.0 Å². The highest BCUT2D eigenvalue weighted by Crippen LogP contribution is 2.16. The Kier molecular flexibility index (Phi) is 4.94. The lowest BCUT2D eigenvalue weighted by molar-refractivity contribution is 0.102. The Balaban J connectivity index is 1.74. The largest absolute Gasteiger partial charge is 0.307 e. The minimum absolute atomic E-state index is 0.0551. The predicted octanol–water partition coefficient (Wildman–Crippen LogP) is 2.84. The Morgan fingerprint density at radius 3 is 2.31 bits per heavy atom. The second-order valence-corrected chi connectivity index (χ2v) is 7.22. The molecule has 0 aliphatic heterocycles. The number of amides is 1. The van der Waals surface area contributed by atoms with Gasteiger partial charge in [0, 0.05) is 24.2 Å². The van der Waals surface area contributed by atoms with Gasteiger partial charge in [0.15, 0.2) is 0 Å². The van der Waals surface area contributed by atoms with Gasteiger partial charge >= 0.3 is 0 Å². The number of sulfonamides is 1. The minimum atomic E-state index is -3.74. The number of carbonyl (C=O) groups excluding carboxylic acids is 1. The van der Waals surface area contributed by atoms with Crippen LogP contribution in [0.2, 0.25) is 0 Å². The average Bonchev–Trinajstić information content (AvgIpc) is 2.62. The number of aromatic nitrogens is 2. The fourth-order valence-corrected chi connectivity index (χ4v) is 3.27. The van der Waals surface area contributed by atoms with Crippen LogP contribution in [0.25, 0.3) is 0 Å². The summed E-state index contributed by atoms with van der Waals surface area (Å²) in [4.78, 5) is 20.2. The van der Waals surface area contributed by atoms with E-state index in [0.717, 1.165) is 5.56 Å². The third-order valence-electron chi connectivity index (χ3n) is 3.52. The number of nitrogens with one attached hydrogen (secondary N) is 2. The van der Waals surface area contributed by atoms with E-state index in [2.05, 4.69) is 20.0 Å². The standard InChI is InChI=1S/C18H16N4O3S/c1-13-6-11-20-17(12-13)21-18(23)14-2-4-16(5-3-14)26(24,25)22-15-7-9-19-10-8-15/h2-12H,1H3,(H,19,22)(H,20,21,23). The van der Waals surface area contributed by atoms with E-state index in [1.165, 1.54) is 36.7 Å². The maximum atomic E-state index is 12.4. The van der Waals surface area contributed by atoms with Crippen molar-refractivity contribution in [3.63, 3.8) is 0 Å². The van der Waals surface area contributed by atoms with Crippen LogP contribution in [-0.4, -0.2) is 24.3 Å². The van der Waals surface area contributed by atoms with Crippen molar-refractivity contribution in [1.29, 1.82) is 0 Å². The molecule has 1 aromatic carbocycles. The first kappa shape index (κ1) is 17.6. The van der Waals surface area contributed by atoms with Gasteiger partial charge in [0.25, 0.3) is 15.9 Å². The van der Waals surface area contributed by atoms with E-state index in [-0.39, 0.29) is 10.8 Å². The van der Waals surface area contributed by atoms with Gasteiger partial charge in [-0.25, -0.2) is 13.4 Å². The molecule has 0 radical (unpaired) electrons. The lowest BCUT2D eigenvalue weighted by Crippen LogP contribution is -2.15. The molecule has 3 aromatic rings. The lowest BCUT2D eigenvalue weighted by Gasteiger charge is -2.09. The highest BCUT2D eigenvalue weighted by atomic mass is 32.2. The van der Waals surface area contributed by atoms with Crippen molar-refractivity contribution in [3.05, 3.63) is 78.2 Å². The predicted molar refractivity (Wildman–Crippen MR) is 98.4 cm³/mol. The third-order valence-corrected chi connectivity index (χ3v) is 4.91. The molecule has 0 saturated heterocycles. The number of hydrogen-bond donors (Lipinski definition) is 2. The molecule has 1 amide bonds. The summed E-state index contributed by atoms with van der Waals surface area (Å²) in [5.74, 6) is 0.0696. The SMILES string of the molecule is Cc1ccnc(NC(=O)c2ccc(S(=O)(=O)Nc3ccncc3)cc2)c1. The van der Waals surface area contributed by atoms with Gasteiger partial charge in [-0.1, -0.05) is 0 Å². The molecule has 0 atom stereocenters. The summed E-state index contributed by atoms with van der Waals surface area (Å²) in [6, 6.07) is 12.3. The summed E-state index contributed by atoms with van der Waals surface area (Å²) in [5.41, 5.74) is 1.71. The van der Waals surface area contributed by atoms with Crippen molar-refractivity contribution >= 4 is 27.4 Å². The molecule has 0 unspecified atom stereocenters. The van der Waals surface area contributed by atoms with Crippen LogP contribution in [0.1, 0.15) is 15.9 Å². The summed E-state index contributed by atoms with van der Waals surface area (Å²) in [6.07, 6.45) is 4.58. The molecule has 132 valence electrons. The zero-order chi connectivity index (χ0) is 18.6. The van der Waals surface area contributed by atoms with Gasteiger partial charge in [0.1, 0.15) is 5.82 Å². The zero-order valence-corrected chi connectivity index (χ0v) is 14.7. The highest BCUT2D eigenvalue weighted by Gasteiger charge is 2.15. The van der Waals surface area contributed by atoms with Gasteiger partial charge in [-0.15, -0.1) is 0 Å². The second-order valence-electron chi connectivity index (χ2n) is 5.54. The van der Waals surface area contributed by atoms with Gasteiger partial charge in [-0.2, -0.15) is 0 Å². The summed E-state index contributed by atoms with van der Waals surface area (Å²) in [7, 11) is -3.74. The maximum Gasteiger partial charge on any atom is 0.261 e. The Morgan fingerprint density at radius 1 is 0.962 bits per heavy atom. The van der Waals surface area contributed by atoms with Crippen molar-refractivity contribution in [2.45, 2.75) is 11.8 Å². The van der Waals surface area contributed by atoms with Crippen LogP contribution in [0.5, 0.6) is 0 Å². The lowest BCUT2D eigenvalue weighted by atomic mass is 10.2. The molecule has 0 spiro atoms. The van der Waals surface area contributed by atoms with Gasteiger partial charge < -0.3 is 5.32 Å². The first-order valence-electron chi connectivity index (χ1n) is 7.71. The number of hydrogen-bond acceptors (Lipinski definition) is 5. The first-order chi connectivity index (χ1) is 12.4. The fraction of sp³-hybridized carbons (Fsp3) is 0.0556. The molecule has 7 nitrogen and oxygen atoms in total. The van der Waals surface area contributed by atoms with Gasteiger partial charge in [-0.3, -0.25) is 14.5 Å². The van der Waals surface area contributed by atoms with Crippen molar-refractivity contribution in [2.24, 2.45) is 0 Å². The fourth-order valence-electron chi connectivity index (χ4n) is 2.21. The number of aryl methyl sites for hydroxylation is 1. The van der Waals surface area contributed by atoms with Crippen molar-refractivity contribution < 1.29 is 13.2 Å². The molecule has 8 heteroatoms. The molecular weight excluding hydrogens is 352 g/mol. The number of carbonyl (C=O) groups is 1. The van der Waals surface area contributed by atoms with Crippen LogP contribution in [0.3, 0.4) is 0 Å². The summed E-state index contributed by atoms with van der Waals surface area (Å²) >= 11 is 0. The zero-order valence-electron chi connectivity index (χ0n) is 13.9. The molecule has 2 N–H and O–H groups in total. The van der Waals surface area contributed by atoms with Crippen LogP contribution in [0, 0.1) is 6.92 Å². The van der Waals surface area contributed by atoms with E-state index in [4.69, 9.17) is 0 Å². The van der Waals surface area contributed by atoms with Gasteiger partial charge in [0.2, 0.25) is 0 Å². The van der Waals surface area contributed by atoms with Crippen molar-refractivity contribution in [3.8, 4) is 0 Å². The van der Waals surface area contributed by atoms with Crippen LogP contribution >= 0.6 is 0 Å². The third kappa shape index (κ3) is 4.22. The van der Waals surface area contributed by atoms with Crippen LogP contribution < -0.4 is 10.0 Å². The number of nitrogens with zero attached hydrogens (tertiary/aromatic N) is 2. The van der Waals surface area contributed by atoms with E-state index in [9.17, 15) is 13.2 Å². The van der Waals surface area contributed by atoms with Crippen molar-refractivity contribution in [2.75, 3.05) is 10.0 Å². The molecular formula is C18H16N4O3S. The first-order valence-corrected chi connectivity index (χ1v) is 9.19. The Hall–Kier alpha value is -3.26. The maximum absolute atomic E-state index is 12.4. The van der Waals surface area contributed by atoms with E-state index in [1.54, 1.807) is 24.4 Å². The molecule has 0 fully saturated rings. The number of pyridine rings is 2. The van der Waals surface area contributed by atoms with E-state index < -0.39 is 10.0 Å². The molecule has 0 aliphatic rings. The Labute approximate surface area is 151 Å². The molecule has 3 rings (SSSR count). The van der Waals surface area contributed by atoms with Crippen LogP contribution in [0.4, 0.5) is 11.5 Å². The topological polar surface area (TPSA) is 101 Å². The van der Waals surface area contributed by atoms with Gasteiger partial charge in [-0.05, 0) is 61.0 Å². The van der Waals surface area contributed by atoms with E-state index in [0.29, 0.717) is 17.1 Å². The van der Waals surface area contributed by atoms with E-state index in [1.807, 2.05) is 13.0 Å². The molecule has 2 aromatic heterocycles.